The van der Waals surface area contributed by atoms with E-state index in [1.807, 2.05) is 0 Å². The van der Waals surface area contributed by atoms with E-state index >= 15 is 0 Å². The van der Waals surface area contributed by atoms with Gasteiger partial charge in [-0.05, 0) is 44.2 Å². The molecular weight excluding hydrogens is 222 g/mol. The Morgan fingerprint density at radius 3 is 2.89 bits per heavy atom. The number of hydrogen-bond acceptors (Lipinski definition) is 2. The zero-order valence-electron chi connectivity index (χ0n) is 12.0. The normalized spacial score (nSPS) is 23.8. The molecule has 3 atom stereocenters. The van der Waals surface area contributed by atoms with E-state index < -0.39 is 0 Å². The lowest BCUT2D eigenvalue weighted by Crippen LogP contribution is -2.22. The predicted octanol–water partition coefficient (Wildman–Crippen LogP) is 3.84. The third-order valence-corrected chi connectivity index (χ3v) is 3.90. The molecule has 0 aromatic heterocycles. The first-order valence-corrected chi connectivity index (χ1v) is 7.06. The SMILES string of the molecule is CCCC1CC1NC(C)c1ccc(C)cc1OC. The first kappa shape index (κ1) is 13.4. The van der Waals surface area contributed by atoms with Crippen molar-refractivity contribution in [1.82, 2.24) is 5.32 Å². The second-order valence-corrected chi connectivity index (χ2v) is 5.52. The molecule has 1 N–H and O–H groups in total. The van der Waals surface area contributed by atoms with Crippen LogP contribution in [0.5, 0.6) is 5.75 Å². The third-order valence-electron chi connectivity index (χ3n) is 3.90. The summed E-state index contributed by atoms with van der Waals surface area (Å²) in [4.78, 5) is 0. The smallest absolute Gasteiger partial charge is 0.123 e. The van der Waals surface area contributed by atoms with Crippen LogP contribution < -0.4 is 10.1 Å². The predicted molar refractivity (Wildman–Crippen MR) is 76.1 cm³/mol. The lowest BCUT2D eigenvalue weighted by molar-refractivity contribution is 0.400. The fraction of sp³-hybridized carbons (Fsp3) is 0.625. The summed E-state index contributed by atoms with van der Waals surface area (Å²) < 4.78 is 5.48. The molecule has 0 radical (unpaired) electrons. The average molecular weight is 247 g/mol. The Balaban J connectivity index is 1.99. The summed E-state index contributed by atoms with van der Waals surface area (Å²) in [5, 5.41) is 3.72. The van der Waals surface area contributed by atoms with E-state index in [2.05, 4.69) is 44.3 Å². The minimum absolute atomic E-state index is 0.368. The zero-order valence-corrected chi connectivity index (χ0v) is 12.0. The van der Waals surface area contributed by atoms with Gasteiger partial charge >= 0.3 is 0 Å². The Labute approximate surface area is 111 Å². The topological polar surface area (TPSA) is 21.3 Å². The third kappa shape index (κ3) is 3.05. The molecule has 2 rings (SSSR count). The van der Waals surface area contributed by atoms with Crippen molar-refractivity contribution in [2.45, 2.75) is 52.1 Å². The first-order chi connectivity index (χ1) is 8.65. The van der Waals surface area contributed by atoms with Crippen molar-refractivity contribution < 1.29 is 4.74 Å². The summed E-state index contributed by atoms with van der Waals surface area (Å²) in [6.45, 7) is 6.60. The highest BCUT2D eigenvalue weighted by molar-refractivity contribution is 5.39. The van der Waals surface area contributed by atoms with Gasteiger partial charge in [0.05, 0.1) is 7.11 Å². The summed E-state index contributed by atoms with van der Waals surface area (Å²) in [6.07, 6.45) is 3.99. The first-order valence-electron chi connectivity index (χ1n) is 7.06. The van der Waals surface area contributed by atoms with Gasteiger partial charge in [-0.3, -0.25) is 0 Å². The van der Waals surface area contributed by atoms with Gasteiger partial charge < -0.3 is 10.1 Å². The van der Waals surface area contributed by atoms with Crippen LogP contribution in [-0.4, -0.2) is 13.2 Å². The molecule has 0 heterocycles. The van der Waals surface area contributed by atoms with Gasteiger partial charge in [0.2, 0.25) is 0 Å². The van der Waals surface area contributed by atoms with Crippen LogP contribution in [-0.2, 0) is 0 Å². The average Bonchev–Trinajstić information content (AvgIpc) is 3.07. The number of nitrogens with one attached hydrogen (secondary N) is 1. The Hall–Kier alpha value is -1.02. The monoisotopic (exact) mass is 247 g/mol. The number of hydrogen-bond donors (Lipinski definition) is 1. The molecule has 0 spiro atoms. The summed E-state index contributed by atoms with van der Waals surface area (Å²) in [5.41, 5.74) is 2.52. The Morgan fingerprint density at radius 1 is 1.44 bits per heavy atom. The van der Waals surface area contributed by atoms with Crippen LogP contribution in [0, 0.1) is 12.8 Å². The fourth-order valence-corrected chi connectivity index (χ4v) is 2.73. The molecular formula is C16H25NO. The molecule has 1 saturated carbocycles. The second-order valence-electron chi connectivity index (χ2n) is 5.52. The van der Waals surface area contributed by atoms with Crippen LogP contribution in [0.25, 0.3) is 0 Å². The molecule has 1 fully saturated rings. The molecule has 3 unspecified atom stereocenters. The summed E-state index contributed by atoms with van der Waals surface area (Å²) in [6, 6.07) is 7.54. The summed E-state index contributed by atoms with van der Waals surface area (Å²) >= 11 is 0. The fourth-order valence-electron chi connectivity index (χ4n) is 2.73. The Morgan fingerprint density at radius 2 is 2.22 bits per heavy atom. The quantitative estimate of drug-likeness (QED) is 0.824. The van der Waals surface area contributed by atoms with Crippen molar-refractivity contribution in [3.05, 3.63) is 29.3 Å². The van der Waals surface area contributed by atoms with Gasteiger partial charge in [0.25, 0.3) is 0 Å². The second kappa shape index (κ2) is 5.75. The van der Waals surface area contributed by atoms with E-state index in [0.29, 0.717) is 12.1 Å². The molecule has 1 aromatic carbocycles. The van der Waals surface area contributed by atoms with Crippen molar-refractivity contribution in [3.63, 3.8) is 0 Å². The molecule has 0 bridgehead atoms. The van der Waals surface area contributed by atoms with E-state index in [1.165, 1.54) is 30.4 Å². The molecule has 0 aliphatic heterocycles. The Kier molecular flexibility index (Phi) is 4.28. The standard InChI is InChI=1S/C16H25NO/c1-5-6-13-10-15(13)17-12(3)14-8-7-11(2)9-16(14)18-4/h7-9,12-13,15,17H,5-6,10H2,1-4H3. The van der Waals surface area contributed by atoms with Crippen molar-refractivity contribution in [3.8, 4) is 5.75 Å². The van der Waals surface area contributed by atoms with Gasteiger partial charge in [0, 0.05) is 17.6 Å². The highest BCUT2D eigenvalue weighted by atomic mass is 16.5. The minimum atomic E-state index is 0.368. The highest BCUT2D eigenvalue weighted by Gasteiger charge is 2.36. The largest absolute Gasteiger partial charge is 0.496 e. The van der Waals surface area contributed by atoms with Crippen molar-refractivity contribution >= 4 is 0 Å². The van der Waals surface area contributed by atoms with Gasteiger partial charge in [-0.15, -0.1) is 0 Å². The van der Waals surface area contributed by atoms with Crippen LogP contribution in [0.1, 0.15) is 50.3 Å². The van der Waals surface area contributed by atoms with Gasteiger partial charge in [0.15, 0.2) is 0 Å². The van der Waals surface area contributed by atoms with Crippen LogP contribution >= 0.6 is 0 Å². The molecule has 0 saturated heterocycles. The molecule has 1 aliphatic carbocycles. The Bertz CT molecular complexity index is 402. The van der Waals surface area contributed by atoms with E-state index in [0.717, 1.165) is 11.7 Å². The van der Waals surface area contributed by atoms with Crippen molar-refractivity contribution in [1.29, 1.82) is 0 Å². The van der Waals surface area contributed by atoms with Crippen LogP contribution in [0.2, 0.25) is 0 Å². The maximum Gasteiger partial charge on any atom is 0.123 e. The van der Waals surface area contributed by atoms with Crippen molar-refractivity contribution in [2.75, 3.05) is 7.11 Å². The molecule has 2 nitrogen and oxygen atoms in total. The number of benzene rings is 1. The van der Waals surface area contributed by atoms with Gasteiger partial charge in [-0.2, -0.15) is 0 Å². The molecule has 1 aromatic rings. The number of rotatable bonds is 6. The van der Waals surface area contributed by atoms with E-state index in [9.17, 15) is 0 Å². The van der Waals surface area contributed by atoms with Crippen LogP contribution in [0.4, 0.5) is 0 Å². The van der Waals surface area contributed by atoms with E-state index in [-0.39, 0.29) is 0 Å². The van der Waals surface area contributed by atoms with Crippen LogP contribution in [0.3, 0.4) is 0 Å². The lowest BCUT2D eigenvalue weighted by atomic mass is 10.0. The minimum Gasteiger partial charge on any atom is -0.496 e. The molecule has 0 amide bonds. The number of aryl methyl sites for hydroxylation is 1. The molecule has 1 aliphatic rings. The van der Waals surface area contributed by atoms with E-state index in [4.69, 9.17) is 4.74 Å². The van der Waals surface area contributed by atoms with Gasteiger partial charge in [-0.1, -0.05) is 25.5 Å². The van der Waals surface area contributed by atoms with Crippen molar-refractivity contribution in [2.24, 2.45) is 5.92 Å². The van der Waals surface area contributed by atoms with Gasteiger partial charge in [-0.25, -0.2) is 0 Å². The molecule has 18 heavy (non-hydrogen) atoms. The van der Waals surface area contributed by atoms with Gasteiger partial charge in [0.1, 0.15) is 5.75 Å². The molecule has 100 valence electrons. The summed E-state index contributed by atoms with van der Waals surface area (Å²) in [7, 11) is 1.75. The maximum atomic E-state index is 5.48. The lowest BCUT2D eigenvalue weighted by Gasteiger charge is -2.18. The molecule has 2 heteroatoms. The van der Waals surface area contributed by atoms with Crippen LogP contribution in [0.15, 0.2) is 18.2 Å². The maximum absolute atomic E-state index is 5.48. The number of methoxy groups -OCH3 is 1. The summed E-state index contributed by atoms with van der Waals surface area (Å²) in [5.74, 6) is 1.90. The zero-order chi connectivity index (χ0) is 13.1. The number of ether oxygens (including phenoxy) is 1. The van der Waals surface area contributed by atoms with E-state index in [1.54, 1.807) is 7.11 Å². The highest BCUT2D eigenvalue weighted by Crippen LogP contribution is 2.37.